The van der Waals surface area contributed by atoms with Gasteiger partial charge in [0.05, 0.1) is 6.20 Å². The molecule has 1 unspecified atom stereocenters. The van der Waals surface area contributed by atoms with E-state index in [2.05, 4.69) is 59.3 Å². The first kappa shape index (κ1) is 14.1. The molecular formula is C18H23N3. The van der Waals surface area contributed by atoms with Crippen molar-refractivity contribution in [3.05, 3.63) is 53.2 Å². The van der Waals surface area contributed by atoms with Gasteiger partial charge in [-0.25, -0.2) is 0 Å². The lowest BCUT2D eigenvalue weighted by Crippen LogP contribution is -2.26. The molecule has 1 aromatic carbocycles. The van der Waals surface area contributed by atoms with Crippen molar-refractivity contribution in [1.82, 2.24) is 10.2 Å². The van der Waals surface area contributed by atoms with Crippen LogP contribution < -0.4 is 4.90 Å². The lowest BCUT2D eigenvalue weighted by Gasteiger charge is -2.23. The van der Waals surface area contributed by atoms with Gasteiger partial charge in [-0.15, -0.1) is 5.10 Å². The summed E-state index contributed by atoms with van der Waals surface area (Å²) in [7, 11) is 0. The van der Waals surface area contributed by atoms with Crippen molar-refractivity contribution >= 4 is 5.82 Å². The van der Waals surface area contributed by atoms with Gasteiger partial charge in [-0.2, -0.15) is 5.10 Å². The third-order valence-electron chi connectivity index (χ3n) is 4.63. The average Bonchev–Trinajstić information content (AvgIpc) is 2.77. The smallest absolute Gasteiger partial charge is 0.154 e. The van der Waals surface area contributed by atoms with E-state index in [1.807, 2.05) is 6.20 Å². The first-order valence-corrected chi connectivity index (χ1v) is 7.84. The minimum atomic E-state index is 0.675. The topological polar surface area (TPSA) is 29.0 Å². The van der Waals surface area contributed by atoms with Gasteiger partial charge in [0.15, 0.2) is 5.82 Å². The second-order valence-electron chi connectivity index (χ2n) is 6.00. The Morgan fingerprint density at radius 3 is 2.67 bits per heavy atom. The largest absolute Gasteiger partial charge is 0.355 e. The van der Waals surface area contributed by atoms with E-state index in [0.29, 0.717) is 5.92 Å². The highest BCUT2D eigenvalue weighted by molar-refractivity contribution is 5.48. The van der Waals surface area contributed by atoms with Gasteiger partial charge in [0.1, 0.15) is 0 Å². The Bertz CT molecular complexity index is 595. The number of nitrogens with zero attached hydrogens (tertiary/aromatic N) is 3. The molecule has 0 radical (unpaired) electrons. The van der Waals surface area contributed by atoms with Gasteiger partial charge in [-0.3, -0.25) is 0 Å². The summed E-state index contributed by atoms with van der Waals surface area (Å²) in [6.45, 7) is 6.41. The van der Waals surface area contributed by atoms with Gasteiger partial charge in [-0.05, 0) is 55.7 Å². The molecule has 1 atom stereocenters. The zero-order valence-electron chi connectivity index (χ0n) is 12.9. The van der Waals surface area contributed by atoms with Crippen molar-refractivity contribution in [3.63, 3.8) is 0 Å². The molecule has 0 spiro atoms. The summed E-state index contributed by atoms with van der Waals surface area (Å²) in [6, 6.07) is 10.9. The zero-order valence-corrected chi connectivity index (χ0v) is 12.9. The average molecular weight is 281 g/mol. The maximum Gasteiger partial charge on any atom is 0.154 e. The molecular weight excluding hydrogens is 258 g/mol. The predicted molar refractivity (Wildman–Crippen MR) is 86.8 cm³/mol. The molecule has 110 valence electrons. The third kappa shape index (κ3) is 3.07. The fourth-order valence-corrected chi connectivity index (χ4v) is 3.19. The summed E-state index contributed by atoms with van der Waals surface area (Å²) >= 11 is 0. The molecule has 0 saturated carbocycles. The molecule has 21 heavy (non-hydrogen) atoms. The number of aromatic nitrogens is 2. The molecule has 2 heterocycles. The summed E-state index contributed by atoms with van der Waals surface area (Å²) in [5, 5.41) is 8.51. The number of benzene rings is 1. The van der Waals surface area contributed by atoms with E-state index in [9.17, 15) is 0 Å². The van der Waals surface area contributed by atoms with E-state index in [1.54, 1.807) is 0 Å². The molecule has 1 aliphatic rings. The van der Waals surface area contributed by atoms with Crippen molar-refractivity contribution in [1.29, 1.82) is 0 Å². The van der Waals surface area contributed by atoms with Gasteiger partial charge >= 0.3 is 0 Å². The lowest BCUT2D eigenvalue weighted by atomic mass is 9.92. The monoisotopic (exact) mass is 281 g/mol. The van der Waals surface area contributed by atoms with Crippen LogP contribution in [0.15, 0.2) is 36.5 Å². The summed E-state index contributed by atoms with van der Waals surface area (Å²) in [5.74, 6) is 1.75. The minimum absolute atomic E-state index is 0.675. The Kier molecular flexibility index (Phi) is 4.18. The molecule has 2 aromatic rings. The number of hydrogen-bond acceptors (Lipinski definition) is 3. The third-order valence-corrected chi connectivity index (χ3v) is 4.63. The molecule has 1 fully saturated rings. The van der Waals surface area contributed by atoms with E-state index in [1.165, 1.54) is 36.0 Å². The molecule has 0 bridgehead atoms. The van der Waals surface area contributed by atoms with Gasteiger partial charge in [0.25, 0.3) is 0 Å². The number of aryl methyl sites for hydroxylation is 1. The molecule has 1 saturated heterocycles. The van der Waals surface area contributed by atoms with Crippen molar-refractivity contribution in [3.8, 4) is 0 Å². The Morgan fingerprint density at radius 1 is 1.05 bits per heavy atom. The van der Waals surface area contributed by atoms with Crippen LogP contribution in [0.5, 0.6) is 0 Å². The Balaban J connectivity index is 1.75. The van der Waals surface area contributed by atoms with Crippen LogP contribution in [-0.4, -0.2) is 23.3 Å². The number of rotatable bonds is 2. The molecule has 0 N–H and O–H groups in total. The summed E-state index contributed by atoms with van der Waals surface area (Å²) in [5.41, 5.74) is 3.97. The quantitative estimate of drug-likeness (QED) is 0.837. The van der Waals surface area contributed by atoms with Crippen LogP contribution in [0.2, 0.25) is 0 Å². The van der Waals surface area contributed by atoms with Crippen LogP contribution in [0.1, 0.15) is 41.9 Å². The summed E-state index contributed by atoms with van der Waals surface area (Å²) < 4.78 is 0. The second kappa shape index (κ2) is 6.25. The van der Waals surface area contributed by atoms with Crippen LogP contribution in [0, 0.1) is 13.8 Å². The molecule has 0 amide bonds. The highest BCUT2D eigenvalue weighted by atomic mass is 15.3. The van der Waals surface area contributed by atoms with E-state index in [0.717, 1.165) is 18.9 Å². The fourth-order valence-electron chi connectivity index (χ4n) is 3.19. The van der Waals surface area contributed by atoms with Crippen LogP contribution >= 0.6 is 0 Å². The van der Waals surface area contributed by atoms with Gasteiger partial charge in [0, 0.05) is 13.1 Å². The zero-order chi connectivity index (χ0) is 14.7. The minimum Gasteiger partial charge on any atom is -0.355 e. The van der Waals surface area contributed by atoms with Gasteiger partial charge in [-0.1, -0.05) is 30.3 Å². The fraction of sp³-hybridized carbons (Fsp3) is 0.444. The first-order chi connectivity index (χ1) is 10.3. The predicted octanol–water partition coefficient (Wildman–Crippen LogP) is 3.87. The number of hydrogen-bond donors (Lipinski definition) is 0. The normalized spacial score (nSPS) is 19.3. The Labute approximate surface area is 127 Å². The first-order valence-electron chi connectivity index (χ1n) is 7.84. The Hall–Kier alpha value is -1.90. The van der Waals surface area contributed by atoms with Crippen molar-refractivity contribution < 1.29 is 0 Å². The van der Waals surface area contributed by atoms with Crippen molar-refractivity contribution in [2.75, 3.05) is 18.0 Å². The van der Waals surface area contributed by atoms with E-state index < -0.39 is 0 Å². The van der Waals surface area contributed by atoms with Crippen molar-refractivity contribution in [2.45, 2.75) is 39.0 Å². The highest BCUT2D eigenvalue weighted by Crippen LogP contribution is 2.30. The van der Waals surface area contributed by atoms with Crippen molar-refractivity contribution in [2.24, 2.45) is 0 Å². The Morgan fingerprint density at radius 2 is 1.86 bits per heavy atom. The van der Waals surface area contributed by atoms with Crippen LogP contribution in [0.4, 0.5) is 5.82 Å². The van der Waals surface area contributed by atoms with E-state index >= 15 is 0 Å². The summed E-state index contributed by atoms with van der Waals surface area (Å²) in [4.78, 5) is 2.41. The molecule has 0 aliphatic carbocycles. The standard InChI is InChI=1S/C18H23N3/c1-14-13-19-20-18(15(14)2)21-11-6-9-17(10-12-21)16-7-4-3-5-8-16/h3-5,7-8,13,17H,6,9-12H2,1-2H3. The second-order valence-corrected chi connectivity index (χ2v) is 6.00. The molecule has 1 aromatic heterocycles. The highest BCUT2D eigenvalue weighted by Gasteiger charge is 2.20. The molecule has 3 nitrogen and oxygen atoms in total. The van der Waals surface area contributed by atoms with E-state index in [4.69, 9.17) is 0 Å². The molecule has 1 aliphatic heterocycles. The molecule has 3 heteroatoms. The molecule has 3 rings (SSSR count). The SMILES string of the molecule is Cc1cnnc(N2CCCC(c3ccccc3)CC2)c1C. The van der Waals surface area contributed by atoms with Gasteiger partial charge < -0.3 is 4.90 Å². The van der Waals surface area contributed by atoms with Gasteiger partial charge in [0.2, 0.25) is 0 Å². The maximum absolute atomic E-state index is 4.38. The number of anilines is 1. The lowest BCUT2D eigenvalue weighted by molar-refractivity contribution is 0.611. The summed E-state index contributed by atoms with van der Waals surface area (Å²) in [6.07, 6.45) is 5.52. The maximum atomic E-state index is 4.38. The van der Waals surface area contributed by atoms with E-state index in [-0.39, 0.29) is 0 Å². The van der Waals surface area contributed by atoms with Crippen LogP contribution in [-0.2, 0) is 0 Å². The van der Waals surface area contributed by atoms with Crippen LogP contribution in [0.25, 0.3) is 0 Å². The van der Waals surface area contributed by atoms with Crippen LogP contribution in [0.3, 0.4) is 0 Å².